The van der Waals surface area contributed by atoms with Crippen molar-refractivity contribution in [1.82, 2.24) is 5.32 Å². The van der Waals surface area contributed by atoms with Gasteiger partial charge in [-0.05, 0) is 325 Å². The van der Waals surface area contributed by atoms with Crippen LogP contribution in [0.3, 0.4) is 0 Å². The first-order valence-electron chi connectivity index (χ1n) is 29.9. The Balaban J connectivity index is 0.716. The number of fused-ring (bicyclic) bond motifs is 40. The van der Waals surface area contributed by atoms with Gasteiger partial charge < -0.3 is 5.32 Å². The Morgan fingerprint density at radius 2 is 1.03 bits per heavy atom. The molecule has 48 unspecified atom stereocenters. The highest BCUT2D eigenvalue weighted by Gasteiger charge is 3.17. The summed E-state index contributed by atoms with van der Waals surface area (Å²) in [5.74, 6) is 54.5. The zero-order chi connectivity index (χ0) is 37.7. The summed E-state index contributed by atoms with van der Waals surface area (Å²) in [5, 5.41) is 4.17. The molecule has 0 bridgehead atoms. The predicted octanol–water partition coefficient (Wildman–Crippen LogP) is 8.77. The molecule has 27 rings (SSSR count). The van der Waals surface area contributed by atoms with Crippen LogP contribution in [0.1, 0.15) is 58.8 Å². The first kappa shape index (κ1) is 29.4. The molecule has 2 heteroatoms. The van der Waals surface area contributed by atoms with Crippen molar-refractivity contribution in [2.75, 3.05) is 5.88 Å². The number of hydrogen-bond acceptors (Lipinski definition) is 2. The zero-order valence-corrected chi connectivity index (χ0v) is 37.8. The van der Waals surface area contributed by atoms with Gasteiger partial charge in [0.05, 0.1) is 0 Å². The van der Waals surface area contributed by atoms with Gasteiger partial charge in [-0.2, -0.15) is 12.6 Å². The SMILES string of the molecule is CCC1(C)CC(C2C3C4C5C6CC7C8C79C(C7C%10C(C79)C79C%11C%12C%13C%14C6C5C%14C%13C%12C%11C7C5C6C7C%11C%12C%13C%14CC%14CC%13C%13C%10C59C6C7%13C%12%11)C5C6C7C(NCS)CC7C26C3C458)C1. The molecule has 27 saturated carbocycles. The molecular formula is C60H67NS. The molecular weight excluding hydrogens is 767 g/mol. The van der Waals surface area contributed by atoms with Crippen molar-refractivity contribution in [3.8, 4) is 0 Å². The minimum Gasteiger partial charge on any atom is -0.305 e. The van der Waals surface area contributed by atoms with Crippen molar-refractivity contribution in [1.29, 1.82) is 0 Å². The van der Waals surface area contributed by atoms with Crippen LogP contribution in [0.15, 0.2) is 0 Å². The summed E-state index contributed by atoms with van der Waals surface area (Å²) in [6.45, 7) is 5.32. The first-order chi connectivity index (χ1) is 30.6. The van der Waals surface area contributed by atoms with Gasteiger partial charge in [-0.15, -0.1) is 0 Å². The van der Waals surface area contributed by atoms with E-state index in [2.05, 4.69) is 19.2 Å². The third kappa shape index (κ3) is 1.64. The maximum absolute atomic E-state index is 4.95. The van der Waals surface area contributed by atoms with E-state index in [1.807, 2.05) is 6.42 Å². The fraction of sp³-hybridized carbons (Fsp3) is 1.00. The second-order valence-corrected chi connectivity index (χ2v) is 34.6. The molecule has 0 aromatic carbocycles. The van der Waals surface area contributed by atoms with E-state index in [0.717, 1.165) is 62.2 Å². The van der Waals surface area contributed by atoms with Crippen LogP contribution in [0.4, 0.5) is 0 Å². The Bertz CT molecular complexity index is 2700. The lowest BCUT2D eigenvalue weighted by atomic mass is 9.00. The van der Waals surface area contributed by atoms with Gasteiger partial charge in [0.2, 0.25) is 0 Å². The maximum atomic E-state index is 4.95. The van der Waals surface area contributed by atoms with Gasteiger partial charge in [0.1, 0.15) is 0 Å². The van der Waals surface area contributed by atoms with Crippen molar-refractivity contribution < 1.29 is 0 Å². The lowest BCUT2D eigenvalue weighted by Gasteiger charge is -3.03. The van der Waals surface area contributed by atoms with E-state index in [1.165, 1.54) is 237 Å². The van der Waals surface area contributed by atoms with Gasteiger partial charge in [-0.3, -0.25) is 0 Å². The number of thiol groups is 1. The van der Waals surface area contributed by atoms with E-state index >= 15 is 0 Å². The molecule has 0 aliphatic heterocycles. The third-order valence-electron chi connectivity index (χ3n) is 38.5. The molecule has 318 valence electrons. The molecule has 0 saturated heterocycles. The topological polar surface area (TPSA) is 12.0 Å². The van der Waals surface area contributed by atoms with Gasteiger partial charge in [-0.25, -0.2) is 0 Å². The number of hydrogen-bond donors (Lipinski definition) is 2. The van der Waals surface area contributed by atoms with E-state index in [1.54, 1.807) is 32.1 Å². The van der Waals surface area contributed by atoms with Gasteiger partial charge in [-0.1, -0.05) is 20.3 Å². The van der Waals surface area contributed by atoms with Crippen molar-refractivity contribution in [3.05, 3.63) is 0 Å². The summed E-state index contributed by atoms with van der Waals surface area (Å²) in [7, 11) is 0. The standard InChI is InChI=1S/C60H67NS/c1-3-54(2)8-12(9-54)37-35-39-21-14-6-17-51-56(17)44-33(45(56)50-43-22-16(7-18(22)61-10-62)55(37,43)52(35)58(39,50)51)34-46-38-15-5-11-4-13(11)19(15)29-32-40(29)57(38)41(32)36-49-48-31-28-26-25-23(21)20(14)24(25)27(26)30(28)42(31)59(48,47(34)44)60(46,49)53(36)57/h11-53,61-62H,3-10H2,1-2H3. The highest BCUT2D eigenvalue weighted by molar-refractivity contribution is 7.80. The van der Waals surface area contributed by atoms with E-state index in [4.69, 9.17) is 12.6 Å². The Labute approximate surface area is 373 Å². The first-order valence-corrected chi connectivity index (χ1v) is 30.5. The van der Waals surface area contributed by atoms with Crippen LogP contribution in [0.5, 0.6) is 0 Å². The van der Waals surface area contributed by atoms with E-state index in [9.17, 15) is 0 Å². The van der Waals surface area contributed by atoms with E-state index in [-0.39, 0.29) is 0 Å². The largest absolute Gasteiger partial charge is 0.305 e. The minimum atomic E-state index is 0.691. The van der Waals surface area contributed by atoms with Gasteiger partial charge >= 0.3 is 0 Å². The van der Waals surface area contributed by atoms with Crippen LogP contribution >= 0.6 is 12.6 Å². The smallest absolute Gasteiger partial charge is 0.0389 e. The summed E-state index contributed by atoms with van der Waals surface area (Å²) < 4.78 is 0. The second-order valence-electron chi connectivity index (χ2n) is 34.3. The monoisotopic (exact) mass is 833 g/mol. The molecule has 1 nitrogen and oxygen atoms in total. The average molecular weight is 834 g/mol. The molecule has 0 heterocycles. The van der Waals surface area contributed by atoms with Gasteiger partial charge in [0, 0.05) is 11.9 Å². The summed E-state index contributed by atoms with van der Waals surface area (Å²) in [6, 6.07) is 0.850. The summed E-state index contributed by atoms with van der Waals surface area (Å²) in [4.78, 5) is 0. The van der Waals surface area contributed by atoms with Gasteiger partial charge in [0.15, 0.2) is 0 Å². The maximum Gasteiger partial charge on any atom is 0.0389 e. The Morgan fingerprint density at radius 3 is 1.92 bits per heavy atom. The van der Waals surface area contributed by atoms with Gasteiger partial charge in [0.25, 0.3) is 0 Å². The zero-order valence-electron chi connectivity index (χ0n) is 36.9. The fourth-order valence-corrected chi connectivity index (χ4v) is 41.6. The van der Waals surface area contributed by atoms with Crippen molar-refractivity contribution in [2.24, 2.45) is 286 Å². The minimum absolute atomic E-state index is 0.691. The molecule has 48 atom stereocenters. The Morgan fingerprint density at radius 1 is 0.403 bits per heavy atom. The lowest BCUT2D eigenvalue weighted by molar-refractivity contribution is -0.576. The second kappa shape index (κ2) is 6.86. The summed E-state index contributed by atoms with van der Waals surface area (Å²) in [6.07, 6.45) is 11.7. The molecule has 27 fully saturated rings. The quantitative estimate of drug-likeness (QED) is 0.164. The highest BCUT2D eigenvalue weighted by atomic mass is 32.1. The van der Waals surface area contributed by atoms with Crippen LogP contribution < -0.4 is 5.32 Å². The molecule has 0 aromatic rings. The lowest BCUT2D eigenvalue weighted by Crippen LogP contribution is -3.01. The summed E-state index contributed by atoms with van der Waals surface area (Å²) in [5.41, 5.74) is 6.31. The van der Waals surface area contributed by atoms with E-state index in [0.29, 0.717) is 5.41 Å². The molecule has 27 aliphatic carbocycles. The third-order valence-corrected chi connectivity index (χ3v) is 38.7. The predicted molar refractivity (Wildman–Crippen MR) is 228 cm³/mol. The van der Waals surface area contributed by atoms with Crippen LogP contribution in [0, 0.1) is 286 Å². The average Bonchev–Trinajstić information content (AvgIpc) is 4.14. The van der Waals surface area contributed by atoms with Crippen LogP contribution in [-0.2, 0) is 0 Å². The Kier molecular flexibility index (Phi) is 3.25. The van der Waals surface area contributed by atoms with Crippen LogP contribution in [0.25, 0.3) is 0 Å². The normalized spacial score (nSPS) is 99.6. The summed E-state index contributed by atoms with van der Waals surface area (Å²) >= 11 is 4.95. The number of nitrogens with one attached hydrogen (secondary N) is 1. The van der Waals surface area contributed by atoms with Crippen LogP contribution in [-0.4, -0.2) is 11.9 Å². The van der Waals surface area contributed by atoms with Crippen molar-refractivity contribution in [3.63, 3.8) is 0 Å². The molecule has 0 amide bonds. The van der Waals surface area contributed by atoms with Crippen molar-refractivity contribution in [2.45, 2.75) is 64.8 Å². The molecule has 6 spiro atoms. The van der Waals surface area contributed by atoms with E-state index < -0.39 is 0 Å². The molecule has 1 N–H and O–H groups in total. The van der Waals surface area contributed by atoms with Crippen molar-refractivity contribution >= 4 is 12.6 Å². The molecule has 62 heavy (non-hydrogen) atoms. The molecule has 27 aliphatic rings. The molecule has 0 aromatic heterocycles. The highest BCUT2D eigenvalue weighted by Crippen LogP contribution is 3.20. The number of rotatable bonds is 4. The molecule has 0 radical (unpaired) electrons. The van der Waals surface area contributed by atoms with Crippen LogP contribution in [0.2, 0.25) is 0 Å². The Hall–Kier alpha value is 0.310. The fourth-order valence-electron chi connectivity index (χ4n) is 41.4.